The average Bonchev–Trinajstić information content (AvgIpc) is 2.79. The molecule has 0 spiro atoms. The second-order valence-corrected chi connectivity index (χ2v) is 6.74. The van der Waals surface area contributed by atoms with Crippen LogP contribution >= 0.6 is 0 Å². The van der Waals surface area contributed by atoms with Crippen LogP contribution in [0.1, 0.15) is 41.0 Å². The van der Waals surface area contributed by atoms with Gasteiger partial charge in [-0.1, -0.05) is 6.92 Å². The highest BCUT2D eigenvalue weighted by Crippen LogP contribution is 2.14. The van der Waals surface area contributed by atoms with Gasteiger partial charge in [-0.05, 0) is 59.7 Å². The van der Waals surface area contributed by atoms with E-state index in [0.717, 1.165) is 19.0 Å². The SMILES string of the molecule is CCN1CCC(CNC(C)CNC(=O)OC(C)(C)C)C1. The monoisotopic (exact) mass is 285 g/mol. The van der Waals surface area contributed by atoms with Gasteiger partial charge in [0.2, 0.25) is 0 Å². The van der Waals surface area contributed by atoms with E-state index in [1.165, 1.54) is 19.5 Å². The molecule has 1 heterocycles. The van der Waals surface area contributed by atoms with Gasteiger partial charge < -0.3 is 20.3 Å². The van der Waals surface area contributed by atoms with Crippen LogP contribution in [0, 0.1) is 5.92 Å². The molecule has 0 bridgehead atoms. The van der Waals surface area contributed by atoms with Crippen molar-refractivity contribution in [1.29, 1.82) is 0 Å². The molecule has 0 aliphatic carbocycles. The minimum Gasteiger partial charge on any atom is -0.444 e. The molecule has 2 unspecified atom stereocenters. The van der Waals surface area contributed by atoms with Crippen LogP contribution in [0.3, 0.4) is 0 Å². The Morgan fingerprint density at radius 3 is 2.70 bits per heavy atom. The molecule has 20 heavy (non-hydrogen) atoms. The lowest BCUT2D eigenvalue weighted by Gasteiger charge is -2.22. The van der Waals surface area contributed by atoms with Gasteiger partial charge in [0.15, 0.2) is 0 Å². The molecule has 1 rings (SSSR count). The molecule has 2 atom stereocenters. The van der Waals surface area contributed by atoms with Gasteiger partial charge in [-0.25, -0.2) is 4.79 Å². The van der Waals surface area contributed by atoms with Gasteiger partial charge in [-0.2, -0.15) is 0 Å². The summed E-state index contributed by atoms with van der Waals surface area (Å²) in [5.74, 6) is 0.735. The molecule has 0 aromatic heterocycles. The zero-order valence-electron chi connectivity index (χ0n) is 13.7. The van der Waals surface area contributed by atoms with Crippen LogP contribution in [0.15, 0.2) is 0 Å². The Morgan fingerprint density at radius 2 is 2.15 bits per heavy atom. The first kappa shape index (κ1) is 17.2. The van der Waals surface area contributed by atoms with Crippen molar-refractivity contribution < 1.29 is 9.53 Å². The van der Waals surface area contributed by atoms with Crippen molar-refractivity contribution in [2.45, 2.75) is 52.7 Å². The Hall–Kier alpha value is -0.810. The summed E-state index contributed by atoms with van der Waals surface area (Å²) in [7, 11) is 0. The quantitative estimate of drug-likeness (QED) is 0.782. The van der Waals surface area contributed by atoms with E-state index < -0.39 is 5.60 Å². The normalized spacial score (nSPS) is 21.8. The minimum absolute atomic E-state index is 0.262. The highest BCUT2D eigenvalue weighted by Gasteiger charge is 2.21. The van der Waals surface area contributed by atoms with E-state index in [2.05, 4.69) is 29.4 Å². The fraction of sp³-hybridized carbons (Fsp3) is 0.933. The van der Waals surface area contributed by atoms with E-state index in [9.17, 15) is 4.79 Å². The van der Waals surface area contributed by atoms with E-state index in [1.54, 1.807) is 0 Å². The number of likely N-dealkylation sites (tertiary alicyclic amines) is 1. The summed E-state index contributed by atoms with van der Waals surface area (Å²) in [5, 5.41) is 6.29. The smallest absolute Gasteiger partial charge is 0.407 e. The number of ether oxygens (including phenoxy) is 1. The molecule has 1 aliphatic rings. The number of amides is 1. The summed E-state index contributed by atoms with van der Waals surface area (Å²) in [6, 6.07) is 0.262. The fourth-order valence-corrected chi connectivity index (χ4v) is 2.36. The summed E-state index contributed by atoms with van der Waals surface area (Å²) in [6.45, 7) is 15.1. The predicted octanol–water partition coefficient (Wildman–Crippen LogP) is 1.83. The van der Waals surface area contributed by atoms with Crippen LogP contribution in [0.25, 0.3) is 0 Å². The van der Waals surface area contributed by atoms with Crippen LogP contribution < -0.4 is 10.6 Å². The summed E-state index contributed by atoms with van der Waals surface area (Å²) in [5.41, 5.74) is -0.436. The number of nitrogens with one attached hydrogen (secondary N) is 2. The van der Waals surface area contributed by atoms with Crippen molar-refractivity contribution in [1.82, 2.24) is 15.5 Å². The van der Waals surface area contributed by atoms with Gasteiger partial charge in [-0.3, -0.25) is 0 Å². The standard InChI is InChI=1S/C15H31N3O2/c1-6-18-8-7-13(11-18)10-16-12(2)9-17-14(19)20-15(3,4)5/h12-13,16H,6-11H2,1-5H3,(H,17,19). The molecule has 0 radical (unpaired) electrons. The molecule has 1 aliphatic heterocycles. The lowest BCUT2D eigenvalue weighted by molar-refractivity contribution is 0.0523. The molecular weight excluding hydrogens is 254 g/mol. The van der Waals surface area contributed by atoms with Gasteiger partial charge >= 0.3 is 6.09 Å². The zero-order chi connectivity index (χ0) is 15.2. The second-order valence-electron chi connectivity index (χ2n) is 6.74. The third-order valence-electron chi connectivity index (χ3n) is 3.52. The van der Waals surface area contributed by atoms with Gasteiger partial charge in [0.25, 0.3) is 0 Å². The van der Waals surface area contributed by atoms with Crippen molar-refractivity contribution in [3.8, 4) is 0 Å². The molecule has 118 valence electrons. The van der Waals surface area contributed by atoms with Crippen molar-refractivity contribution >= 4 is 6.09 Å². The maximum Gasteiger partial charge on any atom is 0.407 e. The minimum atomic E-state index is -0.436. The van der Waals surface area contributed by atoms with E-state index in [0.29, 0.717) is 6.54 Å². The molecule has 5 heteroatoms. The van der Waals surface area contributed by atoms with E-state index in [-0.39, 0.29) is 12.1 Å². The van der Waals surface area contributed by atoms with Crippen LogP contribution in [-0.2, 0) is 4.74 Å². The summed E-state index contributed by atoms with van der Waals surface area (Å²) >= 11 is 0. The Balaban J connectivity index is 2.11. The molecule has 2 N–H and O–H groups in total. The van der Waals surface area contributed by atoms with E-state index in [4.69, 9.17) is 4.74 Å². The number of nitrogens with zero attached hydrogens (tertiary/aromatic N) is 1. The zero-order valence-corrected chi connectivity index (χ0v) is 13.7. The van der Waals surface area contributed by atoms with Gasteiger partial charge in [0.05, 0.1) is 0 Å². The molecule has 1 fully saturated rings. The van der Waals surface area contributed by atoms with Gasteiger partial charge in [0.1, 0.15) is 5.60 Å². The molecule has 1 saturated heterocycles. The Labute approximate surface area is 123 Å². The number of carbonyl (C=O) groups is 1. The predicted molar refractivity (Wildman–Crippen MR) is 81.9 cm³/mol. The molecule has 0 aromatic carbocycles. The van der Waals surface area contributed by atoms with Crippen LogP contribution in [0.2, 0.25) is 0 Å². The third kappa shape index (κ3) is 7.10. The number of hydrogen-bond acceptors (Lipinski definition) is 4. The summed E-state index contributed by atoms with van der Waals surface area (Å²) in [6.07, 6.45) is 0.928. The molecular formula is C15H31N3O2. The highest BCUT2D eigenvalue weighted by atomic mass is 16.6. The molecule has 5 nitrogen and oxygen atoms in total. The third-order valence-corrected chi connectivity index (χ3v) is 3.52. The van der Waals surface area contributed by atoms with E-state index >= 15 is 0 Å². The maximum atomic E-state index is 11.5. The average molecular weight is 285 g/mol. The topological polar surface area (TPSA) is 53.6 Å². The van der Waals surface area contributed by atoms with E-state index in [1.807, 2.05) is 20.8 Å². The van der Waals surface area contributed by atoms with Crippen molar-refractivity contribution in [2.24, 2.45) is 5.92 Å². The Bertz CT molecular complexity index is 302. The maximum absolute atomic E-state index is 11.5. The summed E-state index contributed by atoms with van der Waals surface area (Å²) < 4.78 is 5.21. The van der Waals surface area contributed by atoms with Crippen LogP contribution in [0.5, 0.6) is 0 Å². The van der Waals surface area contributed by atoms with Gasteiger partial charge in [0, 0.05) is 19.1 Å². The van der Waals surface area contributed by atoms with Crippen molar-refractivity contribution in [3.63, 3.8) is 0 Å². The molecule has 0 aromatic rings. The van der Waals surface area contributed by atoms with Gasteiger partial charge in [-0.15, -0.1) is 0 Å². The Morgan fingerprint density at radius 1 is 1.45 bits per heavy atom. The number of hydrogen-bond donors (Lipinski definition) is 2. The second kappa shape index (κ2) is 7.84. The van der Waals surface area contributed by atoms with Crippen LogP contribution in [-0.4, -0.2) is 55.4 Å². The fourth-order valence-electron chi connectivity index (χ4n) is 2.36. The lowest BCUT2D eigenvalue weighted by atomic mass is 10.1. The highest BCUT2D eigenvalue weighted by molar-refractivity contribution is 5.67. The molecule has 1 amide bonds. The largest absolute Gasteiger partial charge is 0.444 e. The Kier molecular flexibility index (Phi) is 6.76. The first-order valence-corrected chi connectivity index (χ1v) is 7.72. The van der Waals surface area contributed by atoms with Crippen LogP contribution in [0.4, 0.5) is 4.79 Å². The lowest BCUT2D eigenvalue weighted by Crippen LogP contribution is -2.42. The van der Waals surface area contributed by atoms with Crippen molar-refractivity contribution in [2.75, 3.05) is 32.7 Å². The number of rotatable bonds is 6. The first-order valence-electron chi connectivity index (χ1n) is 7.72. The summed E-state index contributed by atoms with van der Waals surface area (Å²) in [4.78, 5) is 14.0. The van der Waals surface area contributed by atoms with Crippen molar-refractivity contribution in [3.05, 3.63) is 0 Å². The first-order chi connectivity index (χ1) is 9.30. The molecule has 0 saturated carbocycles. The number of carbonyl (C=O) groups excluding carboxylic acids is 1. The number of alkyl carbamates (subject to hydrolysis) is 1.